The van der Waals surface area contributed by atoms with Gasteiger partial charge in [-0.2, -0.15) is 0 Å². The van der Waals surface area contributed by atoms with Crippen molar-refractivity contribution >= 4 is 23.2 Å². The number of carbonyl (C=O) groups excluding carboxylic acids is 2. The third kappa shape index (κ3) is 4.42. The molecule has 1 aromatic rings. The highest BCUT2D eigenvalue weighted by Crippen LogP contribution is 2.24. The molecule has 2 amide bonds. The summed E-state index contributed by atoms with van der Waals surface area (Å²) in [5.74, 6) is -0.271. The maximum absolute atomic E-state index is 12.5. The van der Waals surface area contributed by atoms with Crippen LogP contribution in [0, 0.1) is 10.1 Å². The van der Waals surface area contributed by atoms with Crippen LogP contribution in [-0.4, -0.2) is 71.5 Å². The highest BCUT2D eigenvalue weighted by Gasteiger charge is 2.32. The minimum atomic E-state index is -0.518. The van der Waals surface area contributed by atoms with Crippen molar-refractivity contribution in [2.75, 3.05) is 38.1 Å². The van der Waals surface area contributed by atoms with Crippen LogP contribution in [0.25, 0.3) is 0 Å². The van der Waals surface area contributed by atoms with Gasteiger partial charge >= 0.3 is 0 Å². The van der Waals surface area contributed by atoms with Gasteiger partial charge in [0.15, 0.2) is 0 Å². The molecule has 2 fully saturated rings. The number of piperazine rings is 1. The lowest BCUT2D eigenvalue weighted by Gasteiger charge is -2.38. The van der Waals surface area contributed by atoms with Gasteiger partial charge in [-0.15, -0.1) is 0 Å². The van der Waals surface area contributed by atoms with Gasteiger partial charge < -0.3 is 15.0 Å². The van der Waals surface area contributed by atoms with E-state index in [1.54, 1.807) is 24.0 Å². The fourth-order valence-corrected chi connectivity index (χ4v) is 3.45. The summed E-state index contributed by atoms with van der Waals surface area (Å²) in [6, 6.07) is 5.62. The van der Waals surface area contributed by atoms with Crippen LogP contribution in [0.2, 0.25) is 0 Å². The molecule has 0 radical (unpaired) electrons. The van der Waals surface area contributed by atoms with Crippen molar-refractivity contribution in [3.63, 3.8) is 0 Å². The van der Waals surface area contributed by atoms with Gasteiger partial charge in [0.05, 0.1) is 11.0 Å². The van der Waals surface area contributed by atoms with Crippen LogP contribution in [0.3, 0.4) is 0 Å². The molecular weight excluding hydrogens is 352 g/mol. The average Bonchev–Trinajstić information content (AvgIpc) is 3.22. The molecule has 0 aromatic heterocycles. The van der Waals surface area contributed by atoms with Gasteiger partial charge in [-0.25, -0.2) is 0 Å². The van der Waals surface area contributed by atoms with E-state index in [0.717, 1.165) is 12.8 Å². The van der Waals surface area contributed by atoms with Crippen LogP contribution in [0.5, 0.6) is 0 Å². The van der Waals surface area contributed by atoms with E-state index >= 15 is 0 Å². The van der Waals surface area contributed by atoms with Crippen molar-refractivity contribution in [1.29, 1.82) is 0 Å². The number of ether oxygens (including phenoxy) is 1. The second kappa shape index (κ2) is 8.45. The van der Waals surface area contributed by atoms with E-state index in [0.29, 0.717) is 32.8 Å². The van der Waals surface area contributed by atoms with Gasteiger partial charge in [0.1, 0.15) is 11.8 Å². The fraction of sp³-hybridized carbons (Fsp3) is 0.556. The number of anilines is 1. The Balaban J connectivity index is 1.54. The number of nitro benzene ring substituents is 1. The van der Waals surface area contributed by atoms with Gasteiger partial charge in [0.2, 0.25) is 5.91 Å². The van der Waals surface area contributed by atoms with Crippen LogP contribution in [-0.2, 0) is 14.3 Å². The summed E-state index contributed by atoms with van der Waals surface area (Å²) in [6.45, 7) is 4.64. The number of nitrogens with zero attached hydrogens (tertiary/aromatic N) is 3. The number of benzene rings is 1. The van der Waals surface area contributed by atoms with Crippen LogP contribution in [0.15, 0.2) is 24.3 Å². The Morgan fingerprint density at radius 1 is 1.26 bits per heavy atom. The van der Waals surface area contributed by atoms with Crippen molar-refractivity contribution in [2.45, 2.75) is 31.9 Å². The highest BCUT2D eigenvalue weighted by molar-refractivity contribution is 5.96. The first-order valence-corrected chi connectivity index (χ1v) is 9.16. The zero-order valence-electron chi connectivity index (χ0n) is 15.3. The molecule has 0 aliphatic carbocycles. The molecule has 2 saturated heterocycles. The van der Waals surface area contributed by atoms with Gasteiger partial charge in [0.25, 0.3) is 11.6 Å². The second-order valence-corrected chi connectivity index (χ2v) is 6.80. The highest BCUT2D eigenvalue weighted by atomic mass is 16.6. The average molecular weight is 376 g/mol. The molecule has 2 atom stereocenters. The Kier molecular flexibility index (Phi) is 6.02. The van der Waals surface area contributed by atoms with E-state index < -0.39 is 11.0 Å². The third-order valence-electron chi connectivity index (χ3n) is 5.12. The first kappa shape index (κ1) is 19.2. The zero-order valence-corrected chi connectivity index (χ0v) is 15.3. The normalized spacial score (nSPS) is 21.7. The molecule has 9 nitrogen and oxygen atoms in total. The number of nitro groups is 1. The smallest absolute Gasteiger partial charge is 0.292 e. The SMILES string of the molecule is CC(C(=O)Nc1ccccc1[N+](=O)[O-])N1CCN(C(=O)C2CCCO2)CC1. The van der Waals surface area contributed by atoms with E-state index in [4.69, 9.17) is 4.74 Å². The fourth-order valence-electron chi connectivity index (χ4n) is 3.45. The molecule has 1 N–H and O–H groups in total. The summed E-state index contributed by atoms with van der Waals surface area (Å²) >= 11 is 0. The Morgan fingerprint density at radius 2 is 1.96 bits per heavy atom. The molecule has 0 saturated carbocycles. The maximum Gasteiger partial charge on any atom is 0.292 e. The largest absolute Gasteiger partial charge is 0.368 e. The number of nitrogens with one attached hydrogen (secondary N) is 1. The number of para-hydroxylation sites is 2. The Morgan fingerprint density at radius 3 is 2.59 bits per heavy atom. The number of carbonyl (C=O) groups is 2. The van der Waals surface area contributed by atoms with Crippen LogP contribution in [0.4, 0.5) is 11.4 Å². The van der Waals surface area contributed by atoms with Crippen molar-refractivity contribution in [3.05, 3.63) is 34.4 Å². The minimum Gasteiger partial charge on any atom is -0.368 e. The zero-order chi connectivity index (χ0) is 19.4. The van der Waals surface area contributed by atoms with Gasteiger partial charge in [-0.05, 0) is 25.8 Å². The van der Waals surface area contributed by atoms with Crippen LogP contribution >= 0.6 is 0 Å². The monoisotopic (exact) mass is 376 g/mol. The van der Waals surface area contributed by atoms with E-state index in [-0.39, 0.29) is 29.3 Å². The molecule has 2 aliphatic rings. The first-order valence-electron chi connectivity index (χ1n) is 9.16. The van der Waals surface area contributed by atoms with E-state index in [2.05, 4.69) is 5.32 Å². The van der Waals surface area contributed by atoms with E-state index in [1.807, 2.05) is 4.90 Å². The molecule has 2 heterocycles. The molecule has 27 heavy (non-hydrogen) atoms. The molecule has 9 heteroatoms. The number of hydrogen-bond donors (Lipinski definition) is 1. The molecule has 0 spiro atoms. The van der Waals surface area contributed by atoms with Gasteiger partial charge in [-0.1, -0.05) is 12.1 Å². The maximum atomic E-state index is 12.5. The number of amides is 2. The summed E-state index contributed by atoms with van der Waals surface area (Å²) < 4.78 is 5.45. The third-order valence-corrected chi connectivity index (χ3v) is 5.12. The molecule has 146 valence electrons. The number of hydrogen-bond acceptors (Lipinski definition) is 6. The summed E-state index contributed by atoms with van der Waals surface area (Å²) in [7, 11) is 0. The number of rotatable bonds is 5. The van der Waals surface area contributed by atoms with E-state index in [1.165, 1.54) is 12.1 Å². The van der Waals surface area contributed by atoms with Gasteiger partial charge in [-0.3, -0.25) is 24.6 Å². The van der Waals surface area contributed by atoms with Crippen molar-refractivity contribution in [2.24, 2.45) is 0 Å². The minimum absolute atomic E-state index is 0.0316. The summed E-state index contributed by atoms with van der Waals surface area (Å²) in [6.07, 6.45) is 1.36. The topological polar surface area (TPSA) is 105 Å². The second-order valence-electron chi connectivity index (χ2n) is 6.80. The molecule has 2 aliphatic heterocycles. The van der Waals surface area contributed by atoms with Crippen molar-refractivity contribution in [3.8, 4) is 0 Å². The lowest BCUT2D eigenvalue weighted by atomic mass is 10.1. The molecule has 3 rings (SSSR count). The first-order chi connectivity index (χ1) is 13.0. The lowest BCUT2D eigenvalue weighted by Crippen LogP contribution is -2.55. The van der Waals surface area contributed by atoms with Crippen molar-refractivity contribution in [1.82, 2.24) is 9.80 Å². The Bertz CT molecular complexity index is 711. The molecule has 1 aromatic carbocycles. The summed E-state index contributed by atoms with van der Waals surface area (Å²) in [4.78, 5) is 39.3. The Hall–Kier alpha value is -2.52. The van der Waals surface area contributed by atoms with Crippen molar-refractivity contribution < 1.29 is 19.2 Å². The standard InChI is InChI=1S/C18H24N4O5/c1-13(17(23)19-14-5-2-3-6-15(14)22(25)26)20-8-10-21(11-9-20)18(24)16-7-4-12-27-16/h2-3,5-6,13,16H,4,7-12H2,1H3,(H,19,23). The molecule has 2 unspecified atom stereocenters. The summed E-state index contributed by atoms with van der Waals surface area (Å²) in [5.41, 5.74) is 0.0524. The molecular formula is C18H24N4O5. The predicted molar refractivity (Wildman–Crippen MR) is 98.3 cm³/mol. The molecule has 0 bridgehead atoms. The predicted octanol–water partition coefficient (Wildman–Crippen LogP) is 1.24. The van der Waals surface area contributed by atoms with Gasteiger partial charge in [0, 0.05) is 38.9 Å². The van der Waals surface area contributed by atoms with E-state index in [9.17, 15) is 19.7 Å². The lowest BCUT2D eigenvalue weighted by molar-refractivity contribution is -0.383. The summed E-state index contributed by atoms with van der Waals surface area (Å²) in [5, 5.41) is 13.7. The van der Waals surface area contributed by atoms with Crippen LogP contribution < -0.4 is 5.32 Å². The Labute approximate surface area is 157 Å². The van der Waals surface area contributed by atoms with Crippen LogP contribution in [0.1, 0.15) is 19.8 Å². The quantitative estimate of drug-likeness (QED) is 0.612.